The Morgan fingerprint density at radius 2 is 2.28 bits per heavy atom. The quantitative estimate of drug-likeness (QED) is 0.407. The Morgan fingerprint density at radius 1 is 1.44 bits per heavy atom. The molecule has 0 atom stereocenters. The summed E-state index contributed by atoms with van der Waals surface area (Å²) in [5.41, 5.74) is 2.26. The molecule has 0 aliphatic rings. The van der Waals surface area contributed by atoms with Gasteiger partial charge in [-0.3, -0.25) is 0 Å². The van der Waals surface area contributed by atoms with E-state index in [2.05, 4.69) is 57.3 Å². The lowest BCUT2D eigenvalue weighted by Gasteiger charge is -2.07. The zero-order valence-electron chi connectivity index (χ0n) is 10.3. The first-order valence-corrected chi connectivity index (χ1v) is 8.81. The highest BCUT2D eigenvalue weighted by Crippen LogP contribution is 2.21. The van der Waals surface area contributed by atoms with Crippen molar-refractivity contribution < 1.29 is 0 Å². The molecule has 1 aromatic heterocycles. The maximum atomic E-state index is 5.99. The van der Waals surface area contributed by atoms with Crippen LogP contribution in [0, 0.1) is 3.57 Å². The molecule has 2 rings (SSSR count). The summed E-state index contributed by atoms with van der Waals surface area (Å²) in [5, 5.41) is 0. The molecule has 0 N–H and O–H groups in total. The van der Waals surface area contributed by atoms with Gasteiger partial charge in [0, 0.05) is 10.1 Å². The molecule has 0 unspecified atom stereocenters. The molecule has 98 valence electrons. The van der Waals surface area contributed by atoms with Gasteiger partial charge in [-0.05, 0) is 58.7 Å². The van der Waals surface area contributed by atoms with E-state index in [0.717, 1.165) is 17.9 Å². The lowest BCUT2D eigenvalue weighted by Crippen LogP contribution is -2.03. The molecule has 1 heterocycles. The normalized spacial score (nSPS) is 11.3. The fourth-order valence-electron chi connectivity index (χ4n) is 1.97. The Hall–Kier alpha value is 0.0600. The van der Waals surface area contributed by atoms with E-state index in [1.807, 2.05) is 11.8 Å². The third kappa shape index (κ3) is 3.33. The molecule has 0 spiro atoms. The van der Waals surface area contributed by atoms with E-state index < -0.39 is 0 Å². The topological polar surface area (TPSA) is 17.8 Å². The van der Waals surface area contributed by atoms with Crippen molar-refractivity contribution in [3.63, 3.8) is 0 Å². The second-order valence-electron chi connectivity index (χ2n) is 4.00. The Bertz CT molecular complexity index is 527. The van der Waals surface area contributed by atoms with Crippen molar-refractivity contribution in [3.8, 4) is 0 Å². The Kier molecular flexibility index (Phi) is 5.63. The summed E-state index contributed by atoms with van der Waals surface area (Å²) in [6.45, 7) is 3.20. The van der Waals surface area contributed by atoms with Gasteiger partial charge in [0.05, 0.1) is 16.9 Å². The van der Waals surface area contributed by atoms with Crippen molar-refractivity contribution in [2.45, 2.75) is 25.8 Å². The minimum Gasteiger partial charge on any atom is -0.327 e. The van der Waals surface area contributed by atoms with E-state index in [4.69, 9.17) is 11.6 Å². The zero-order valence-corrected chi connectivity index (χ0v) is 14.1. The van der Waals surface area contributed by atoms with Gasteiger partial charge in [-0.15, -0.1) is 11.6 Å². The molecule has 0 saturated heterocycles. The number of hydrogen-bond donors (Lipinski definition) is 0. The molecule has 1 aromatic carbocycles. The largest absolute Gasteiger partial charge is 0.327 e. The second kappa shape index (κ2) is 7.01. The summed E-state index contributed by atoms with van der Waals surface area (Å²) < 4.78 is 3.47. The molecule has 5 heteroatoms. The summed E-state index contributed by atoms with van der Waals surface area (Å²) >= 11 is 10.3. The van der Waals surface area contributed by atoms with Crippen LogP contribution < -0.4 is 0 Å². The van der Waals surface area contributed by atoms with E-state index in [0.29, 0.717) is 5.88 Å². The van der Waals surface area contributed by atoms with Crippen LogP contribution in [0.3, 0.4) is 0 Å². The lowest BCUT2D eigenvalue weighted by atomic mass is 10.3. The minimum absolute atomic E-state index is 0.478. The smallest absolute Gasteiger partial charge is 0.124 e. The van der Waals surface area contributed by atoms with Crippen LogP contribution in [0.5, 0.6) is 0 Å². The summed E-state index contributed by atoms with van der Waals surface area (Å²) in [4.78, 5) is 4.61. The van der Waals surface area contributed by atoms with Gasteiger partial charge >= 0.3 is 0 Å². The van der Waals surface area contributed by atoms with Crippen LogP contribution in [-0.4, -0.2) is 21.1 Å². The maximum Gasteiger partial charge on any atom is 0.124 e. The predicted octanol–water partition coefficient (Wildman–Crippen LogP) is 4.52. The molecule has 0 fully saturated rings. The first-order valence-electron chi connectivity index (χ1n) is 6.04. The first-order chi connectivity index (χ1) is 8.76. The molecule has 2 nitrogen and oxygen atoms in total. The number of fused-ring (bicyclic) bond motifs is 1. The van der Waals surface area contributed by atoms with Crippen LogP contribution >= 0.6 is 46.0 Å². The highest BCUT2D eigenvalue weighted by molar-refractivity contribution is 14.1. The number of halogens is 2. The van der Waals surface area contributed by atoms with Crippen LogP contribution in [0.15, 0.2) is 18.2 Å². The average Bonchev–Trinajstić information content (AvgIpc) is 2.71. The van der Waals surface area contributed by atoms with Gasteiger partial charge in [-0.25, -0.2) is 4.98 Å². The molecule has 18 heavy (non-hydrogen) atoms. The van der Waals surface area contributed by atoms with Gasteiger partial charge in [0.1, 0.15) is 5.82 Å². The van der Waals surface area contributed by atoms with Crippen LogP contribution in [-0.2, 0) is 12.4 Å². The Morgan fingerprint density at radius 3 is 3.00 bits per heavy atom. The summed E-state index contributed by atoms with van der Waals surface area (Å²) in [5.74, 6) is 3.84. The average molecular weight is 395 g/mol. The number of imidazole rings is 1. The summed E-state index contributed by atoms with van der Waals surface area (Å²) in [7, 11) is 0. The summed E-state index contributed by atoms with van der Waals surface area (Å²) in [6, 6.07) is 6.39. The van der Waals surface area contributed by atoms with Crippen LogP contribution in [0.25, 0.3) is 11.0 Å². The predicted molar refractivity (Wildman–Crippen MR) is 89.6 cm³/mol. The number of nitrogens with zero attached hydrogens (tertiary/aromatic N) is 2. The van der Waals surface area contributed by atoms with Gasteiger partial charge in [0.15, 0.2) is 0 Å². The molecule has 0 aliphatic carbocycles. The monoisotopic (exact) mass is 394 g/mol. The number of rotatable bonds is 6. The number of aromatic nitrogens is 2. The van der Waals surface area contributed by atoms with Crippen LogP contribution in [0.2, 0.25) is 0 Å². The van der Waals surface area contributed by atoms with Crippen molar-refractivity contribution >= 4 is 57.0 Å². The van der Waals surface area contributed by atoms with Crippen molar-refractivity contribution in [1.29, 1.82) is 0 Å². The zero-order chi connectivity index (χ0) is 13.0. The minimum atomic E-state index is 0.478. The van der Waals surface area contributed by atoms with Gasteiger partial charge < -0.3 is 4.57 Å². The van der Waals surface area contributed by atoms with Crippen molar-refractivity contribution in [2.75, 3.05) is 11.5 Å². The van der Waals surface area contributed by atoms with E-state index in [-0.39, 0.29) is 0 Å². The highest BCUT2D eigenvalue weighted by atomic mass is 127. The third-order valence-corrected chi connectivity index (χ3v) is 4.68. The van der Waals surface area contributed by atoms with Gasteiger partial charge in [-0.1, -0.05) is 6.92 Å². The van der Waals surface area contributed by atoms with Crippen molar-refractivity contribution in [2.24, 2.45) is 0 Å². The maximum absolute atomic E-state index is 5.99. The molecule has 0 bridgehead atoms. The first kappa shape index (κ1) is 14.5. The number of alkyl halides is 1. The summed E-state index contributed by atoms with van der Waals surface area (Å²) in [6.07, 6.45) is 1.17. The van der Waals surface area contributed by atoms with E-state index in [1.165, 1.54) is 27.0 Å². The number of thioether (sulfide) groups is 1. The van der Waals surface area contributed by atoms with E-state index >= 15 is 0 Å². The molecular formula is C13H16ClIN2S. The van der Waals surface area contributed by atoms with E-state index in [9.17, 15) is 0 Å². The van der Waals surface area contributed by atoms with Gasteiger partial charge in [0.2, 0.25) is 0 Å². The van der Waals surface area contributed by atoms with Crippen LogP contribution in [0.4, 0.5) is 0 Å². The number of benzene rings is 1. The lowest BCUT2D eigenvalue weighted by molar-refractivity contribution is 0.676. The standard InChI is InChI=1S/C13H16ClIN2S/c1-2-18-7-3-6-17-12-5-4-10(15)8-11(12)16-13(17)9-14/h4-5,8H,2-3,6-7,9H2,1H3. The van der Waals surface area contributed by atoms with Crippen LogP contribution in [0.1, 0.15) is 19.2 Å². The Balaban J connectivity index is 2.23. The third-order valence-electron chi connectivity index (χ3n) is 2.78. The number of aryl methyl sites for hydroxylation is 1. The van der Waals surface area contributed by atoms with E-state index in [1.54, 1.807) is 0 Å². The highest BCUT2D eigenvalue weighted by Gasteiger charge is 2.09. The SMILES string of the molecule is CCSCCCn1c(CCl)nc2cc(I)ccc21. The van der Waals surface area contributed by atoms with Crippen molar-refractivity contribution in [1.82, 2.24) is 9.55 Å². The Labute approximate surface area is 131 Å². The molecule has 0 amide bonds. The molecule has 0 aliphatic heterocycles. The van der Waals surface area contributed by atoms with Crippen molar-refractivity contribution in [3.05, 3.63) is 27.6 Å². The molecule has 0 saturated carbocycles. The molecule has 0 radical (unpaired) electrons. The fourth-order valence-corrected chi connectivity index (χ4v) is 3.27. The molecular weight excluding hydrogens is 379 g/mol. The molecule has 2 aromatic rings. The van der Waals surface area contributed by atoms with Gasteiger partial charge in [-0.2, -0.15) is 11.8 Å². The fraction of sp³-hybridized carbons (Fsp3) is 0.462. The second-order valence-corrected chi connectivity index (χ2v) is 6.90. The van der Waals surface area contributed by atoms with Gasteiger partial charge in [0.25, 0.3) is 0 Å². The number of hydrogen-bond acceptors (Lipinski definition) is 2.